The molecule has 0 saturated heterocycles. The Morgan fingerprint density at radius 3 is 2.56 bits per heavy atom. The van der Waals surface area contributed by atoms with E-state index in [0.29, 0.717) is 6.04 Å². The van der Waals surface area contributed by atoms with E-state index in [1.807, 2.05) is 16.9 Å². The van der Waals surface area contributed by atoms with Gasteiger partial charge in [-0.15, -0.1) is 0 Å². The predicted molar refractivity (Wildman–Crippen MR) is 40.3 cm³/mol. The van der Waals surface area contributed by atoms with Gasteiger partial charge in [-0.25, -0.2) is 0 Å². The molecule has 0 fully saturated rings. The highest BCUT2D eigenvalue weighted by Gasteiger charge is 1.96. The van der Waals surface area contributed by atoms with Gasteiger partial charge in [-0.2, -0.15) is 5.10 Å². The van der Waals surface area contributed by atoms with Crippen molar-refractivity contribution in [1.82, 2.24) is 9.78 Å². The second-order valence-electron chi connectivity index (χ2n) is 2.21. The predicted octanol–water partition coefficient (Wildman–Crippen LogP) is 2.23. The average molecular weight is 189 g/mol. The zero-order valence-corrected chi connectivity index (χ0v) is 7.09. The molecular weight excluding hydrogens is 180 g/mol. The zero-order chi connectivity index (χ0) is 6.85. The molecule has 0 saturated carbocycles. The molecular formula is C6H9BrN2. The van der Waals surface area contributed by atoms with Crippen molar-refractivity contribution in [3.63, 3.8) is 0 Å². The van der Waals surface area contributed by atoms with Crippen molar-refractivity contribution in [2.45, 2.75) is 19.9 Å². The minimum atomic E-state index is 0.455. The first-order valence-corrected chi connectivity index (χ1v) is 3.70. The molecule has 1 rings (SSSR count). The van der Waals surface area contributed by atoms with Crippen LogP contribution in [0.15, 0.2) is 16.9 Å². The molecule has 0 aromatic carbocycles. The standard InChI is InChI=1S/C6H9BrN2/c1-5(2)9-4-3-6(7)8-9/h3-5H,1-2H3. The Labute approximate surface area is 63.0 Å². The second-order valence-corrected chi connectivity index (χ2v) is 3.02. The third-order valence-electron chi connectivity index (χ3n) is 1.10. The minimum Gasteiger partial charge on any atom is -0.269 e. The lowest BCUT2D eigenvalue weighted by atomic mass is 10.4. The third-order valence-corrected chi connectivity index (χ3v) is 1.53. The van der Waals surface area contributed by atoms with Gasteiger partial charge >= 0.3 is 0 Å². The van der Waals surface area contributed by atoms with Crippen LogP contribution in [-0.2, 0) is 0 Å². The van der Waals surface area contributed by atoms with Gasteiger partial charge in [0, 0.05) is 12.2 Å². The van der Waals surface area contributed by atoms with Gasteiger partial charge in [-0.3, -0.25) is 4.68 Å². The van der Waals surface area contributed by atoms with Crippen LogP contribution < -0.4 is 0 Å². The van der Waals surface area contributed by atoms with Crippen LogP contribution in [0, 0.1) is 0 Å². The van der Waals surface area contributed by atoms with Gasteiger partial charge in [0.05, 0.1) is 0 Å². The molecule has 9 heavy (non-hydrogen) atoms. The topological polar surface area (TPSA) is 17.8 Å². The maximum Gasteiger partial charge on any atom is 0.128 e. The van der Waals surface area contributed by atoms with Crippen molar-refractivity contribution in [2.24, 2.45) is 0 Å². The summed E-state index contributed by atoms with van der Waals surface area (Å²) in [6, 6.07) is 2.39. The normalized spacial score (nSPS) is 10.7. The number of hydrogen-bond donors (Lipinski definition) is 0. The summed E-state index contributed by atoms with van der Waals surface area (Å²) in [5.41, 5.74) is 0. The van der Waals surface area contributed by atoms with Gasteiger partial charge < -0.3 is 0 Å². The number of aromatic nitrogens is 2. The molecule has 0 amide bonds. The molecule has 0 spiro atoms. The van der Waals surface area contributed by atoms with E-state index >= 15 is 0 Å². The molecule has 1 aromatic rings. The van der Waals surface area contributed by atoms with Crippen LogP contribution >= 0.6 is 15.9 Å². The van der Waals surface area contributed by atoms with E-state index in [0.717, 1.165) is 4.60 Å². The van der Waals surface area contributed by atoms with Crippen LogP contribution in [0.1, 0.15) is 19.9 Å². The lowest BCUT2D eigenvalue weighted by Crippen LogP contribution is -1.99. The fourth-order valence-electron chi connectivity index (χ4n) is 0.602. The molecule has 0 atom stereocenters. The van der Waals surface area contributed by atoms with Crippen LogP contribution in [0.2, 0.25) is 0 Å². The molecule has 0 aliphatic rings. The molecule has 1 heterocycles. The minimum absolute atomic E-state index is 0.455. The van der Waals surface area contributed by atoms with E-state index in [-0.39, 0.29) is 0 Å². The summed E-state index contributed by atoms with van der Waals surface area (Å²) in [6.45, 7) is 4.19. The lowest BCUT2D eigenvalue weighted by molar-refractivity contribution is 0.530. The summed E-state index contributed by atoms with van der Waals surface area (Å²) in [6.07, 6.45) is 1.95. The molecule has 0 aliphatic carbocycles. The molecule has 2 nitrogen and oxygen atoms in total. The molecule has 1 aromatic heterocycles. The van der Waals surface area contributed by atoms with E-state index in [2.05, 4.69) is 34.9 Å². The molecule has 3 heteroatoms. The zero-order valence-electron chi connectivity index (χ0n) is 5.50. The first-order chi connectivity index (χ1) is 4.20. The summed E-state index contributed by atoms with van der Waals surface area (Å²) >= 11 is 3.27. The monoisotopic (exact) mass is 188 g/mol. The molecule has 0 N–H and O–H groups in total. The molecule has 0 radical (unpaired) electrons. The first-order valence-electron chi connectivity index (χ1n) is 2.91. The van der Waals surface area contributed by atoms with Gasteiger partial charge in [0.25, 0.3) is 0 Å². The highest BCUT2D eigenvalue weighted by Crippen LogP contribution is 2.08. The average Bonchev–Trinajstić information content (AvgIpc) is 2.14. The summed E-state index contributed by atoms with van der Waals surface area (Å²) in [4.78, 5) is 0. The summed E-state index contributed by atoms with van der Waals surface area (Å²) < 4.78 is 2.81. The van der Waals surface area contributed by atoms with E-state index in [1.165, 1.54) is 0 Å². The van der Waals surface area contributed by atoms with Gasteiger partial charge in [-0.1, -0.05) is 0 Å². The lowest BCUT2D eigenvalue weighted by Gasteiger charge is -2.02. The Hall–Kier alpha value is -0.310. The van der Waals surface area contributed by atoms with Crippen molar-refractivity contribution in [3.8, 4) is 0 Å². The van der Waals surface area contributed by atoms with Gasteiger partial charge in [-0.05, 0) is 35.8 Å². The van der Waals surface area contributed by atoms with E-state index in [9.17, 15) is 0 Å². The maximum atomic E-state index is 4.14. The van der Waals surface area contributed by atoms with Crippen LogP contribution in [0.25, 0.3) is 0 Å². The Morgan fingerprint density at radius 2 is 2.33 bits per heavy atom. The van der Waals surface area contributed by atoms with E-state index in [4.69, 9.17) is 0 Å². The van der Waals surface area contributed by atoms with Crippen LogP contribution in [-0.4, -0.2) is 9.78 Å². The Kier molecular flexibility index (Phi) is 1.90. The van der Waals surface area contributed by atoms with Gasteiger partial charge in [0.2, 0.25) is 0 Å². The molecule has 50 valence electrons. The van der Waals surface area contributed by atoms with Crippen molar-refractivity contribution < 1.29 is 0 Å². The number of rotatable bonds is 1. The van der Waals surface area contributed by atoms with Gasteiger partial charge in [0.1, 0.15) is 4.60 Å². The highest BCUT2D eigenvalue weighted by molar-refractivity contribution is 9.10. The highest BCUT2D eigenvalue weighted by atomic mass is 79.9. The Bertz CT molecular complexity index is 193. The number of nitrogens with zero attached hydrogens (tertiary/aromatic N) is 2. The summed E-state index contributed by atoms with van der Waals surface area (Å²) in [5, 5.41) is 4.14. The van der Waals surface area contributed by atoms with E-state index < -0.39 is 0 Å². The van der Waals surface area contributed by atoms with Crippen LogP contribution in [0.4, 0.5) is 0 Å². The van der Waals surface area contributed by atoms with Crippen LogP contribution in [0.5, 0.6) is 0 Å². The Morgan fingerprint density at radius 1 is 1.67 bits per heavy atom. The van der Waals surface area contributed by atoms with Crippen molar-refractivity contribution in [2.75, 3.05) is 0 Å². The van der Waals surface area contributed by atoms with Crippen molar-refractivity contribution in [1.29, 1.82) is 0 Å². The number of halogens is 1. The molecule has 0 unspecified atom stereocenters. The van der Waals surface area contributed by atoms with Gasteiger partial charge in [0.15, 0.2) is 0 Å². The second kappa shape index (κ2) is 2.52. The Balaban J connectivity index is 2.85. The molecule has 0 aliphatic heterocycles. The van der Waals surface area contributed by atoms with Crippen LogP contribution in [0.3, 0.4) is 0 Å². The summed E-state index contributed by atoms with van der Waals surface area (Å²) in [7, 11) is 0. The summed E-state index contributed by atoms with van der Waals surface area (Å²) in [5.74, 6) is 0. The fourth-order valence-corrected chi connectivity index (χ4v) is 0.904. The SMILES string of the molecule is CC(C)n1ccc(Br)n1. The quantitative estimate of drug-likeness (QED) is 0.662. The van der Waals surface area contributed by atoms with Crippen molar-refractivity contribution >= 4 is 15.9 Å². The van der Waals surface area contributed by atoms with Crippen molar-refractivity contribution in [3.05, 3.63) is 16.9 Å². The fraction of sp³-hybridized carbons (Fsp3) is 0.500. The number of hydrogen-bond acceptors (Lipinski definition) is 1. The first kappa shape index (κ1) is 6.81. The van der Waals surface area contributed by atoms with E-state index in [1.54, 1.807) is 0 Å². The smallest absolute Gasteiger partial charge is 0.128 e. The maximum absolute atomic E-state index is 4.14. The largest absolute Gasteiger partial charge is 0.269 e. The third kappa shape index (κ3) is 1.55. The molecule has 0 bridgehead atoms.